The van der Waals surface area contributed by atoms with Gasteiger partial charge in [-0.2, -0.15) is 4.39 Å². The first-order valence-electron chi connectivity index (χ1n) is 4.88. The van der Waals surface area contributed by atoms with Crippen molar-refractivity contribution in [1.82, 2.24) is 10.2 Å². The van der Waals surface area contributed by atoms with Crippen LogP contribution < -0.4 is 5.32 Å². The second kappa shape index (κ2) is 7.81. The predicted molar refractivity (Wildman–Crippen MR) is 57.1 cm³/mol. The molecule has 0 bridgehead atoms. The molecule has 1 unspecified atom stereocenters. The summed E-state index contributed by atoms with van der Waals surface area (Å²) in [6, 6.07) is 0. The quantitative estimate of drug-likeness (QED) is 0.511. The lowest BCUT2D eigenvalue weighted by Crippen LogP contribution is -2.24. The van der Waals surface area contributed by atoms with Crippen LogP contribution in [0.3, 0.4) is 0 Å². The third kappa shape index (κ3) is 5.45. The molecule has 0 aromatic carbocycles. The Kier molecular flexibility index (Phi) is 7.11. The first kappa shape index (κ1) is 14.6. The Morgan fingerprint density at radius 3 is 2.69 bits per heavy atom. The van der Waals surface area contributed by atoms with Crippen LogP contribution in [-0.2, 0) is 14.3 Å². The number of nitrogens with one attached hydrogen (secondary N) is 1. The Balaban J connectivity index is 4.29. The van der Waals surface area contributed by atoms with E-state index in [0.29, 0.717) is 19.4 Å². The fourth-order valence-electron chi connectivity index (χ4n) is 0.920. The number of carbonyl (C=O) groups is 2. The zero-order valence-corrected chi connectivity index (χ0v) is 9.70. The normalized spacial score (nSPS) is 13.1. The highest BCUT2D eigenvalue weighted by Crippen LogP contribution is 2.02. The molecule has 0 fully saturated rings. The van der Waals surface area contributed by atoms with Gasteiger partial charge in [0.15, 0.2) is 0 Å². The number of ether oxygens (including phenoxy) is 1. The topological polar surface area (TPSA) is 58.6 Å². The fraction of sp³-hybridized carbons (Fsp3) is 0.600. The number of amides is 2. The van der Waals surface area contributed by atoms with Crippen LogP contribution in [0.1, 0.15) is 13.3 Å². The standard InChI is InChI=1S/C10H17FN2O3/c1-8(16-3)4-5-13(7-14)6-9(11)10(15)12-2/h6-8H,4-5H2,1-3H3,(H,12,15)/b9-6+. The first-order valence-corrected chi connectivity index (χ1v) is 4.88. The maximum absolute atomic E-state index is 13.1. The minimum Gasteiger partial charge on any atom is -0.382 e. The summed E-state index contributed by atoms with van der Waals surface area (Å²) >= 11 is 0. The highest BCUT2D eigenvalue weighted by atomic mass is 19.1. The zero-order valence-electron chi connectivity index (χ0n) is 9.70. The van der Waals surface area contributed by atoms with Gasteiger partial charge in [-0.15, -0.1) is 0 Å². The molecule has 1 atom stereocenters. The number of rotatable bonds is 7. The fourth-order valence-corrected chi connectivity index (χ4v) is 0.920. The molecule has 0 aromatic heterocycles. The van der Waals surface area contributed by atoms with E-state index in [0.717, 1.165) is 11.1 Å². The van der Waals surface area contributed by atoms with Crippen LogP contribution in [0.5, 0.6) is 0 Å². The minimum atomic E-state index is -1.00. The average molecular weight is 232 g/mol. The Bertz CT molecular complexity index is 269. The van der Waals surface area contributed by atoms with Crippen LogP contribution in [0.15, 0.2) is 12.0 Å². The molecular weight excluding hydrogens is 215 g/mol. The molecule has 0 aromatic rings. The van der Waals surface area contributed by atoms with Crippen molar-refractivity contribution in [2.24, 2.45) is 0 Å². The van der Waals surface area contributed by atoms with Gasteiger partial charge in [-0.1, -0.05) is 0 Å². The molecule has 0 heterocycles. The third-order valence-corrected chi connectivity index (χ3v) is 2.05. The van der Waals surface area contributed by atoms with Gasteiger partial charge in [0.1, 0.15) is 0 Å². The summed E-state index contributed by atoms with van der Waals surface area (Å²) < 4.78 is 18.0. The number of hydrogen-bond donors (Lipinski definition) is 1. The summed E-state index contributed by atoms with van der Waals surface area (Å²) in [7, 11) is 2.87. The van der Waals surface area contributed by atoms with Gasteiger partial charge >= 0.3 is 0 Å². The first-order chi connectivity index (χ1) is 7.54. The number of hydrogen-bond acceptors (Lipinski definition) is 3. The molecule has 0 rings (SSSR count). The average Bonchev–Trinajstić information content (AvgIpc) is 2.32. The number of likely N-dealkylation sites (N-methyl/N-ethyl adjacent to an activating group) is 1. The molecule has 0 saturated heterocycles. The van der Waals surface area contributed by atoms with Gasteiger partial charge in [-0.25, -0.2) is 0 Å². The second-order valence-corrected chi connectivity index (χ2v) is 3.23. The summed E-state index contributed by atoms with van der Waals surface area (Å²) in [5.74, 6) is -1.86. The Labute approximate surface area is 94.2 Å². The van der Waals surface area contributed by atoms with Crippen molar-refractivity contribution in [3.8, 4) is 0 Å². The van der Waals surface area contributed by atoms with Crippen molar-refractivity contribution < 1.29 is 18.7 Å². The summed E-state index contributed by atoms with van der Waals surface area (Å²) in [6.07, 6.45) is 1.87. The van der Waals surface area contributed by atoms with Crippen LogP contribution in [-0.4, -0.2) is 44.0 Å². The van der Waals surface area contributed by atoms with Gasteiger partial charge in [-0.05, 0) is 13.3 Å². The van der Waals surface area contributed by atoms with E-state index in [9.17, 15) is 14.0 Å². The van der Waals surface area contributed by atoms with E-state index in [1.165, 1.54) is 7.05 Å². The van der Waals surface area contributed by atoms with Gasteiger partial charge in [0.05, 0.1) is 6.10 Å². The monoisotopic (exact) mass is 232 g/mol. The van der Waals surface area contributed by atoms with Crippen LogP contribution >= 0.6 is 0 Å². The van der Waals surface area contributed by atoms with Gasteiger partial charge < -0.3 is 15.0 Å². The smallest absolute Gasteiger partial charge is 0.281 e. The molecule has 1 N–H and O–H groups in total. The van der Waals surface area contributed by atoms with Gasteiger partial charge in [0.2, 0.25) is 12.2 Å². The van der Waals surface area contributed by atoms with Crippen molar-refractivity contribution in [2.45, 2.75) is 19.4 Å². The number of halogens is 1. The second-order valence-electron chi connectivity index (χ2n) is 3.23. The van der Waals surface area contributed by atoms with Gasteiger partial charge in [0.25, 0.3) is 5.91 Å². The Morgan fingerprint density at radius 1 is 1.62 bits per heavy atom. The molecule has 16 heavy (non-hydrogen) atoms. The minimum absolute atomic E-state index is 0.0288. The molecule has 0 aliphatic rings. The Hall–Kier alpha value is -1.43. The van der Waals surface area contributed by atoms with Crippen LogP contribution in [0.25, 0.3) is 0 Å². The summed E-state index contributed by atoms with van der Waals surface area (Å²) in [5.41, 5.74) is 0. The number of methoxy groups -OCH3 is 1. The van der Waals surface area contributed by atoms with E-state index < -0.39 is 11.7 Å². The maximum Gasteiger partial charge on any atom is 0.281 e. The van der Waals surface area contributed by atoms with E-state index >= 15 is 0 Å². The molecule has 2 amide bonds. The van der Waals surface area contributed by atoms with E-state index in [1.54, 1.807) is 7.11 Å². The van der Waals surface area contributed by atoms with Crippen LogP contribution in [0, 0.1) is 0 Å². The summed E-state index contributed by atoms with van der Waals surface area (Å²) in [5, 5.41) is 2.12. The van der Waals surface area contributed by atoms with E-state index in [-0.39, 0.29) is 6.10 Å². The highest BCUT2D eigenvalue weighted by Gasteiger charge is 2.09. The maximum atomic E-state index is 13.1. The van der Waals surface area contributed by atoms with Crippen molar-refractivity contribution in [3.05, 3.63) is 12.0 Å². The Morgan fingerprint density at radius 2 is 2.25 bits per heavy atom. The van der Waals surface area contributed by atoms with Gasteiger partial charge in [-0.3, -0.25) is 9.59 Å². The molecule has 0 aliphatic carbocycles. The lowest BCUT2D eigenvalue weighted by atomic mass is 10.3. The van der Waals surface area contributed by atoms with Crippen molar-refractivity contribution in [2.75, 3.05) is 20.7 Å². The molecule has 0 spiro atoms. The predicted octanol–water partition coefficient (Wildman–Crippen LogP) is 0.427. The molecule has 5 nitrogen and oxygen atoms in total. The highest BCUT2D eigenvalue weighted by molar-refractivity contribution is 5.90. The molecule has 92 valence electrons. The summed E-state index contributed by atoms with van der Waals surface area (Å²) in [4.78, 5) is 22.5. The molecule has 0 radical (unpaired) electrons. The van der Waals surface area contributed by atoms with Crippen LogP contribution in [0.2, 0.25) is 0 Å². The SMILES string of the molecule is CNC(=O)/C(F)=C\N(C=O)CCC(C)OC. The molecular formula is C10H17FN2O3. The lowest BCUT2D eigenvalue weighted by molar-refractivity contribution is -0.118. The molecule has 0 saturated carbocycles. The molecule has 0 aliphatic heterocycles. The van der Waals surface area contributed by atoms with Crippen molar-refractivity contribution >= 4 is 12.3 Å². The number of nitrogens with zero attached hydrogens (tertiary/aromatic N) is 1. The van der Waals surface area contributed by atoms with E-state index in [2.05, 4.69) is 5.32 Å². The van der Waals surface area contributed by atoms with Crippen LogP contribution in [0.4, 0.5) is 4.39 Å². The zero-order chi connectivity index (χ0) is 12.6. The largest absolute Gasteiger partial charge is 0.382 e. The van der Waals surface area contributed by atoms with Crippen molar-refractivity contribution in [1.29, 1.82) is 0 Å². The van der Waals surface area contributed by atoms with E-state index in [1.807, 2.05) is 6.92 Å². The number of carbonyl (C=O) groups excluding carboxylic acids is 2. The molecule has 6 heteroatoms. The van der Waals surface area contributed by atoms with E-state index in [4.69, 9.17) is 4.74 Å². The van der Waals surface area contributed by atoms with Crippen molar-refractivity contribution in [3.63, 3.8) is 0 Å². The summed E-state index contributed by atoms with van der Waals surface area (Å²) in [6.45, 7) is 2.13. The van der Waals surface area contributed by atoms with Gasteiger partial charge in [0, 0.05) is 26.9 Å². The lowest BCUT2D eigenvalue weighted by Gasteiger charge is -2.15. The third-order valence-electron chi connectivity index (χ3n) is 2.05.